The van der Waals surface area contributed by atoms with Gasteiger partial charge < -0.3 is 0 Å². The summed E-state index contributed by atoms with van der Waals surface area (Å²) < 4.78 is 0. The van der Waals surface area contributed by atoms with Crippen molar-refractivity contribution in [1.82, 2.24) is 0 Å². The van der Waals surface area contributed by atoms with E-state index < -0.39 is 0 Å². The smallest absolute Gasteiger partial charge is 0.00195 e. The first-order chi connectivity index (χ1) is 11.0. The minimum absolute atomic E-state index is 0.617. The minimum Gasteiger partial charge on any atom is -0.176 e. The molecule has 0 saturated heterocycles. The fraction of sp³-hybridized carbons (Fsp3) is 1.00. The quantitative estimate of drug-likeness (QED) is 0.365. The molecule has 1 fully saturated rings. The maximum absolute atomic E-state index is 4.96. The lowest BCUT2D eigenvalue weighted by Crippen LogP contribution is -2.21. The highest BCUT2D eigenvalue weighted by atomic mass is 32.7. The molecule has 6 unspecified atom stereocenters. The van der Waals surface area contributed by atoms with Crippen LogP contribution in [0.1, 0.15) is 91.9 Å². The lowest BCUT2D eigenvalue weighted by Gasteiger charge is -2.30. The van der Waals surface area contributed by atoms with E-state index in [1.54, 1.807) is 0 Å². The molecule has 0 spiro atoms. The van der Waals surface area contributed by atoms with Crippen LogP contribution in [-0.2, 0) is 0 Å². The zero-order valence-corrected chi connectivity index (χ0v) is 18.7. The summed E-state index contributed by atoms with van der Waals surface area (Å²) in [6, 6.07) is 0. The molecule has 1 rings (SSSR count). The number of rotatable bonds is 4. The van der Waals surface area contributed by atoms with Gasteiger partial charge in [-0.25, -0.2) is 0 Å². The molecule has 0 bridgehead atoms. The summed E-state index contributed by atoms with van der Waals surface area (Å²) in [5, 5.41) is 0.617. The molecule has 1 saturated carbocycles. The van der Waals surface area contributed by atoms with Gasteiger partial charge in [0.1, 0.15) is 0 Å². The maximum atomic E-state index is 4.96. The van der Waals surface area contributed by atoms with Crippen molar-refractivity contribution in [2.75, 3.05) is 0 Å². The van der Waals surface area contributed by atoms with Gasteiger partial charge in [0, 0.05) is 5.25 Å². The van der Waals surface area contributed by atoms with Crippen molar-refractivity contribution in [3.63, 3.8) is 0 Å². The van der Waals surface area contributed by atoms with Crippen molar-refractivity contribution < 1.29 is 0 Å². The van der Waals surface area contributed by atoms with E-state index in [-0.39, 0.29) is 0 Å². The highest BCUT2D eigenvalue weighted by Gasteiger charge is 2.25. The van der Waals surface area contributed by atoms with Crippen LogP contribution in [0.3, 0.4) is 0 Å². The topological polar surface area (TPSA) is 0 Å². The van der Waals surface area contributed by atoms with Crippen molar-refractivity contribution in [2.45, 2.75) is 103 Å². The molecule has 0 amide bonds. The Labute approximate surface area is 159 Å². The van der Waals surface area contributed by atoms with Gasteiger partial charge >= 0.3 is 0 Å². The second-order valence-corrected chi connectivity index (χ2v) is 10.9. The van der Waals surface area contributed by atoms with E-state index in [9.17, 15) is 0 Å². The van der Waals surface area contributed by atoms with Gasteiger partial charge in [-0.2, -0.15) is 24.9 Å². The Morgan fingerprint density at radius 3 is 2.30 bits per heavy atom. The summed E-state index contributed by atoms with van der Waals surface area (Å²) in [6.45, 7) is 9.65. The van der Waals surface area contributed by atoms with E-state index in [0.29, 0.717) is 5.25 Å². The first-order valence-corrected chi connectivity index (χ1v) is 12.9. The highest BCUT2D eigenvalue weighted by Crippen LogP contribution is 2.39. The Morgan fingerprint density at radius 1 is 1.00 bits per heavy atom. The number of hydrogen-bond acceptors (Lipinski definition) is 2. The molecule has 0 nitrogen and oxygen atoms in total. The molecule has 1 aliphatic carbocycles. The SMILES string of the molecule is CCC1CCCC(PS)C(C)CCCCC(S)CC1CC(C)C. The molecule has 138 valence electrons. The predicted molar refractivity (Wildman–Crippen MR) is 117 cm³/mol. The van der Waals surface area contributed by atoms with Gasteiger partial charge in [-0.1, -0.05) is 74.0 Å². The Balaban J connectivity index is 2.75. The van der Waals surface area contributed by atoms with Gasteiger partial charge in [0.2, 0.25) is 0 Å². The van der Waals surface area contributed by atoms with Crippen LogP contribution in [0.2, 0.25) is 0 Å². The Kier molecular flexibility index (Phi) is 12.0. The largest absolute Gasteiger partial charge is 0.176 e. The zero-order valence-electron chi connectivity index (χ0n) is 15.9. The molecule has 3 heteroatoms. The van der Waals surface area contributed by atoms with Crippen molar-refractivity contribution in [3.8, 4) is 0 Å². The van der Waals surface area contributed by atoms with E-state index in [1.807, 2.05) is 0 Å². The minimum atomic E-state index is 0.617. The maximum Gasteiger partial charge on any atom is 0.00195 e. The lowest BCUT2D eigenvalue weighted by molar-refractivity contribution is 0.236. The predicted octanol–water partition coefficient (Wildman–Crippen LogP) is 7.64. The highest BCUT2D eigenvalue weighted by molar-refractivity contribution is 8.38. The average Bonchev–Trinajstić information content (AvgIpc) is 2.50. The summed E-state index contributed by atoms with van der Waals surface area (Å²) >= 11 is 9.63. The Morgan fingerprint density at radius 2 is 1.70 bits per heavy atom. The van der Waals surface area contributed by atoms with E-state index >= 15 is 0 Å². The zero-order chi connectivity index (χ0) is 17.2. The molecule has 0 aromatic heterocycles. The van der Waals surface area contributed by atoms with Gasteiger partial charge in [0.25, 0.3) is 0 Å². The molecular formula is C20H41PS2. The third kappa shape index (κ3) is 8.87. The van der Waals surface area contributed by atoms with E-state index in [1.165, 1.54) is 64.2 Å². The van der Waals surface area contributed by atoms with Crippen LogP contribution in [-0.4, -0.2) is 10.9 Å². The number of hydrogen-bond donors (Lipinski definition) is 2. The van der Waals surface area contributed by atoms with Crippen LogP contribution < -0.4 is 0 Å². The van der Waals surface area contributed by atoms with Crippen molar-refractivity contribution in [2.24, 2.45) is 23.7 Å². The first kappa shape index (κ1) is 22.2. The van der Waals surface area contributed by atoms with Crippen LogP contribution in [0.15, 0.2) is 0 Å². The fourth-order valence-electron chi connectivity index (χ4n) is 4.45. The van der Waals surface area contributed by atoms with Gasteiger partial charge in [-0.05, 0) is 55.0 Å². The third-order valence-electron chi connectivity index (χ3n) is 5.93. The van der Waals surface area contributed by atoms with E-state index in [2.05, 4.69) is 39.9 Å². The van der Waals surface area contributed by atoms with Crippen molar-refractivity contribution in [1.29, 1.82) is 0 Å². The summed E-state index contributed by atoms with van der Waals surface area (Å²) in [4.78, 5) is 0. The van der Waals surface area contributed by atoms with Gasteiger partial charge in [0.15, 0.2) is 0 Å². The van der Waals surface area contributed by atoms with E-state index in [0.717, 1.165) is 37.1 Å². The molecule has 0 radical (unpaired) electrons. The van der Waals surface area contributed by atoms with Crippen LogP contribution in [0.4, 0.5) is 0 Å². The Hall–Kier alpha value is 1.13. The number of thiol groups is 2. The normalized spacial score (nSPS) is 35.9. The monoisotopic (exact) mass is 376 g/mol. The van der Waals surface area contributed by atoms with E-state index in [4.69, 9.17) is 12.6 Å². The molecular weight excluding hydrogens is 335 g/mol. The van der Waals surface area contributed by atoms with Crippen LogP contribution in [0, 0.1) is 23.7 Å². The van der Waals surface area contributed by atoms with Crippen LogP contribution >= 0.6 is 32.7 Å². The summed E-state index contributed by atoms with van der Waals surface area (Å²) in [6.07, 6.45) is 13.8. The lowest BCUT2D eigenvalue weighted by atomic mass is 9.78. The summed E-state index contributed by atoms with van der Waals surface area (Å²) in [5.74, 6) is 3.47. The van der Waals surface area contributed by atoms with Gasteiger partial charge in [0.05, 0.1) is 0 Å². The molecule has 0 aromatic carbocycles. The standard InChI is InChI=1S/C20H41PS2/c1-5-17-10-8-12-20(21-23)16(4)9-6-7-11-19(22)14-18(17)13-15(2)3/h15-23H,5-14H2,1-4H3. The molecule has 0 aromatic rings. The van der Waals surface area contributed by atoms with Gasteiger partial charge in [-0.15, -0.1) is 0 Å². The molecule has 0 heterocycles. The average molecular weight is 377 g/mol. The van der Waals surface area contributed by atoms with Crippen molar-refractivity contribution in [3.05, 3.63) is 0 Å². The summed E-state index contributed by atoms with van der Waals surface area (Å²) in [5.41, 5.74) is 0.854. The second-order valence-electron chi connectivity index (χ2n) is 8.38. The van der Waals surface area contributed by atoms with Crippen LogP contribution in [0.25, 0.3) is 0 Å². The van der Waals surface area contributed by atoms with Crippen molar-refractivity contribution >= 4 is 32.7 Å². The third-order valence-corrected chi connectivity index (χ3v) is 8.58. The first-order valence-electron chi connectivity index (χ1n) is 10.1. The molecule has 23 heavy (non-hydrogen) atoms. The fourth-order valence-corrected chi connectivity index (χ4v) is 6.81. The second kappa shape index (κ2) is 12.5. The Bertz CT molecular complexity index is 295. The van der Waals surface area contributed by atoms with Gasteiger partial charge in [-0.3, -0.25) is 0 Å². The molecule has 0 N–H and O–H groups in total. The molecule has 6 atom stereocenters. The molecule has 0 aliphatic heterocycles. The molecule has 1 aliphatic rings. The van der Waals surface area contributed by atoms with Crippen LogP contribution in [0.5, 0.6) is 0 Å². The summed E-state index contributed by atoms with van der Waals surface area (Å²) in [7, 11) is 0.826.